The summed E-state index contributed by atoms with van der Waals surface area (Å²) < 4.78 is 1.43. The lowest BCUT2D eigenvalue weighted by Crippen LogP contribution is -2.23. The number of benzene rings is 1. The minimum Gasteiger partial charge on any atom is -0.322 e. The van der Waals surface area contributed by atoms with E-state index in [2.05, 4.69) is 10.4 Å². The van der Waals surface area contributed by atoms with Gasteiger partial charge in [-0.05, 0) is 18.2 Å². The number of nitrogens with two attached hydrogens (primary N) is 1. The molecule has 2 rings (SSSR count). The summed E-state index contributed by atoms with van der Waals surface area (Å²) in [4.78, 5) is 11.4. The lowest BCUT2D eigenvalue weighted by molar-refractivity contribution is -0.114. The first-order chi connectivity index (χ1) is 9.15. The number of hydrogen-bond donors (Lipinski definition) is 2. The minimum absolute atomic E-state index is 0.175. The lowest BCUT2D eigenvalue weighted by atomic mass is 10.3. The van der Waals surface area contributed by atoms with Gasteiger partial charge in [0.05, 0.1) is 18.4 Å². The monoisotopic (exact) mass is 275 g/mol. The first-order valence-electron chi connectivity index (χ1n) is 5.39. The normalized spacial score (nSPS) is 9.95. The number of hydrogen-bond acceptors (Lipinski definition) is 4. The third-order valence-electron chi connectivity index (χ3n) is 2.39. The van der Waals surface area contributed by atoms with E-state index in [4.69, 9.17) is 22.6 Å². The van der Waals surface area contributed by atoms with Crippen LogP contribution in [0.1, 0.15) is 5.56 Å². The SMILES string of the molecule is N#Cc1cnn(-c2cccc(Cl)c2)c1NC(=O)CN. The van der Waals surface area contributed by atoms with Crippen LogP contribution in [0.5, 0.6) is 0 Å². The van der Waals surface area contributed by atoms with Crippen molar-refractivity contribution in [2.75, 3.05) is 11.9 Å². The quantitative estimate of drug-likeness (QED) is 0.882. The number of nitrogens with one attached hydrogen (secondary N) is 1. The Hall–Kier alpha value is -2.36. The van der Waals surface area contributed by atoms with Gasteiger partial charge in [0.15, 0.2) is 5.82 Å². The summed E-state index contributed by atoms with van der Waals surface area (Å²) in [5.41, 5.74) is 6.14. The average molecular weight is 276 g/mol. The van der Waals surface area contributed by atoms with Crippen LogP contribution in [-0.2, 0) is 4.79 Å². The van der Waals surface area contributed by atoms with Crippen molar-refractivity contribution >= 4 is 23.3 Å². The third-order valence-corrected chi connectivity index (χ3v) is 2.62. The van der Waals surface area contributed by atoms with E-state index in [0.717, 1.165) is 0 Å². The summed E-state index contributed by atoms with van der Waals surface area (Å²) in [6, 6.07) is 8.86. The second-order valence-electron chi connectivity index (χ2n) is 3.66. The minimum atomic E-state index is -0.403. The van der Waals surface area contributed by atoms with E-state index in [1.54, 1.807) is 24.3 Å². The van der Waals surface area contributed by atoms with Crippen molar-refractivity contribution in [1.29, 1.82) is 5.26 Å². The topological polar surface area (TPSA) is 96.7 Å². The standard InChI is InChI=1S/C12H10ClN5O/c13-9-2-1-3-10(4-9)18-12(17-11(19)6-15)8(5-14)7-16-18/h1-4,7H,6,15H2,(H,17,19). The summed E-state index contributed by atoms with van der Waals surface area (Å²) in [5, 5.41) is 16.2. The molecule has 1 amide bonds. The third kappa shape index (κ3) is 2.73. The van der Waals surface area contributed by atoms with Gasteiger partial charge in [-0.3, -0.25) is 4.79 Å². The predicted molar refractivity (Wildman–Crippen MR) is 71.0 cm³/mol. The molecule has 0 fully saturated rings. The Balaban J connectivity index is 2.49. The zero-order valence-corrected chi connectivity index (χ0v) is 10.6. The molecule has 7 heteroatoms. The number of nitriles is 1. The molecule has 0 atom stereocenters. The van der Waals surface area contributed by atoms with Crippen molar-refractivity contribution < 1.29 is 4.79 Å². The zero-order chi connectivity index (χ0) is 13.8. The molecule has 19 heavy (non-hydrogen) atoms. The average Bonchev–Trinajstić information content (AvgIpc) is 2.81. The number of carbonyl (C=O) groups excluding carboxylic acids is 1. The summed E-state index contributed by atoms with van der Waals surface area (Å²) in [7, 11) is 0. The Labute approximate surface area is 114 Å². The van der Waals surface area contributed by atoms with Gasteiger partial charge in [0.2, 0.25) is 5.91 Å². The van der Waals surface area contributed by atoms with Gasteiger partial charge in [-0.1, -0.05) is 17.7 Å². The predicted octanol–water partition coefficient (Wildman–Crippen LogP) is 1.29. The molecule has 1 aromatic heterocycles. The van der Waals surface area contributed by atoms with Crippen LogP contribution < -0.4 is 11.1 Å². The van der Waals surface area contributed by atoms with Gasteiger partial charge in [0.1, 0.15) is 11.6 Å². The molecular weight excluding hydrogens is 266 g/mol. The maximum atomic E-state index is 11.4. The molecular formula is C12H10ClN5O. The highest BCUT2D eigenvalue weighted by atomic mass is 35.5. The number of carbonyl (C=O) groups is 1. The van der Waals surface area contributed by atoms with Gasteiger partial charge in [-0.2, -0.15) is 10.4 Å². The molecule has 1 heterocycles. The van der Waals surface area contributed by atoms with E-state index in [1.165, 1.54) is 10.9 Å². The van der Waals surface area contributed by atoms with Crippen LogP contribution in [0.3, 0.4) is 0 Å². The molecule has 0 saturated heterocycles. The van der Waals surface area contributed by atoms with Crippen LogP contribution in [0.15, 0.2) is 30.5 Å². The zero-order valence-electron chi connectivity index (χ0n) is 9.80. The molecule has 3 N–H and O–H groups in total. The molecule has 0 bridgehead atoms. The molecule has 0 aliphatic rings. The van der Waals surface area contributed by atoms with Crippen LogP contribution in [0.25, 0.3) is 5.69 Å². The fourth-order valence-corrected chi connectivity index (χ4v) is 1.72. The van der Waals surface area contributed by atoms with Crippen molar-refractivity contribution in [3.63, 3.8) is 0 Å². The number of aromatic nitrogens is 2. The number of amides is 1. The summed E-state index contributed by atoms with van der Waals surface area (Å²) in [6.45, 7) is -0.175. The summed E-state index contributed by atoms with van der Waals surface area (Å²) in [6.07, 6.45) is 1.37. The van der Waals surface area contributed by atoms with Crippen LogP contribution in [0.2, 0.25) is 5.02 Å². The Bertz CT molecular complexity index is 658. The van der Waals surface area contributed by atoms with E-state index in [1.807, 2.05) is 6.07 Å². The first-order valence-corrected chi connectivity index (χ1v) is 5.77. The molecule has 2 aromatic rings. The second-order valence-corrected chi connectivity index (χ2v) is 4.10. The van der Waals surface area contributed by atoms with Gasteiger partial charge < -0.3 is 11.1 Å². The van der Waals surface area contributed by atoms with Crippen LogP contribution in [-0.4, -0.2) is 22.2 Å². The van der Waals surface area contributed by atoms with E-state index >= 15 is 0 Å². The smallest absolute Gasteiger partial charge is 0.239 e. The summed E-state index contributed by atoms with van der Waals surface area (Å²) >= 11 is 5.91. The number of nitrogens with zero attached hydrogens (tertiary/aromatic N) is 3. The molecule has 6 nitrogen and oxygen atoms in total. The van der Waals surface area contributed by atoms with Crippen molar-refractivity contribution in [1.82, 2.24) is 9.78 Å². The lowest BCUT2D eigenvalue weighted by Gasteiger charge is -2.09. The first kappa shape index (κ1) is 13.1. The molecule has 1 aromatic carbocycles. The fourth-order valence-electron chi connectivity index (χ4n) is 1.54. The molecule has 0 aliphatic heterocycles. The number of halogens is 1. The highest BCUT2D eigenvalue weighted by Gasteiger charge is 2.14. The Morgan fingerprint density at radius 1 is 1.58 bits per heavy atom. The molecule has 0 saturated carbocycles. The van der Waals surface area contributed by atoms with Gasteiger partial charge in [-0.15, -0.1) is 0 Å². The van der Waals surface area contributed by atoms with E-state index in [9.17, 15) is 4.79 Å². The van der Waals surface area contributed by atoms with Gasteiger partial charge in [0.25, 0.3) is 0 Å². The van der Waals surface area contributed by atoms with E-state index in [0.29, 0.717) is 10.7 Å². The Morgan fingerprint density at radius 2 is 2.37 bits per heavy atom. The molecule has 0 unspecified atom stereocenters. The van der Waals surface area contributed by atoms with Gasteiger partial charge in [0, 0.05) is 5.02 Å². The largest absolute Gasteiger partial charge is 0.322 e. The van der Waals surface area contributed by atoms with Crippen LogP contribution in [0, 0.1) is 11.3 Å². The Morgan fingerprint density at radius 3 is 3.00 bits per heavy atom. The highest BCUT2D eigenvalue weighted by Crippen LogP contribution is 2.21. The van der Waals surface area contributed by atoms with Crippen molar-refractivity contribution in [3.8, 4) is 11.8 Å². The molecule has 0 spiro atoms. The van der Waals surface area contributed by atoms with Crippen molar-refractivity contribution in [2.45, 2.75) is 0 Å². The molecule has 0 radical (unpaired) electrons. The van der Waals surface area contributed by atoms with Crippen LogP contribution >= 0.6 is 11.6 Å². The fraction of sp³-hybridized carbons (Fsp3) is 0.0833. The van der Waals surface area contributed by atoms with Crippen molar-refractivity contribution in [2.24, 2.45) is 5.73 Å². The molecule has 0 aliphatic carbocycles. The highest BCUT2D eigenvalue weighted by molar-refractivity contribution is 6.30. The van der Waals surface area contributed by atoms with E-state index < -0.39 is 5.91 Å². The number of rotatable bonds is 3. The van der Waals surface area contributed by atoms with E-state index in [-0.39, 0.29) is 17.9 Å². The van der Waals surface area contributed by atoms with Gasteiger partial charge >= 0.3 is 0 Å². The van der Waals surface area contributed by atoms with Gasteiger partial charge in [-0.25, -0.2) is 4.68 Å². The molecule has 96 valence electrons. The summed E-state index contributed by atoms with van der Waals surface area (Å²) in [5.74, 6) is -0.125. The maximum absolute atomic E-state index is 11.4. The number of anilines is 1. The van der Waals surface area contributed by atoms with Crippen molar-refractivity contribution in [3.05, 3.63) is 41.0 Å². The second kappa shape index (κ2) is 5.52. The Kier molecular flexibility index (Phi) is 3.80. The van der Waals surface area contributed by atoms with Crippen LogP contribution in [0.4, 0.5) is 5.82 Å². The maximum Gasteiger partial charge on any atom is 0.239 e.